The van der Waals surface area contributed by atoms with Gasteiger partial charge in [0, 0.05) is 17.4 Å². The van der Waals surface area contributed by atoms with Crippen molar-refractivity contribution < 1.29 is 27.2 Å². The van der Waals surface area contributed by atoms with Crippen molar-refractivity contribution in [3.63, 3.8) is 0 Å². The molecule has 4 aliphatic rings. The van der Waals surface area contributed by atoms with E-state index >= 15 is 0 Å². The van der Waals surface area contributed by atoms with Crippen molar-refractivity contribution in [3.05, 3.63) is 41.7 Å². The molecule has 34 heavy (non-hydrogen) atoms. The number of nitrogens with one attached hydrogen (secondary N) is 2. The molecule has 5 unspecified atom stereocenters. The van der Waals surface area contributed by atoms with Gasteiger partial charge in [-0.3, -0.25) is 9.59 Å². The standard InChI is InChI=1S/C26H30F4N2O2/c1-24-11-9-17-15(4-8-21-25(17,2)12-10-22(33)32-21)16(24)5-6-18(24)23(34)31-20-13-14(26(28,29)30)3-7-19(20)27/h3,7,10,12-13,15-18,21H,4-6,8-9,11H2,1-2H3,(H,31,34)(H,32,33)/t15?,16?,17?,18?,21?,24-,25+/m0/s1. The van der Waals surface area contributed by atoms with E-state index in [0.29, 0.717) is 36.3 Å². The van der Waals surface area contributed by atoms with E-state index in [1.54, 1.807) is 6.08 Å². The third-order valence-electron chi connectivity index (χ3n) is 9.55. The number of fused-ring (bicyclic) bond motifs is 5. The summed E-state index contributed by atoms with van der Waals surface area (Å²) in [6, 6.07) is 2.22. The second kappa shape index (κ2) is 7.82. The lowest BCUT2D eigenvalue weighted by molar-refractivity contribution is -0.137. The number of hydrogen-bond acceptors (Lipinski definition) is 2. The van der Waals surface area contributed by atoms with Gasteiger partial charge in [-0.2, -0.15) is 13.2 Å². The average molecular weight is 479 g/mol. The highest BCUT2D eigenvalue weighted by Gasteiger charge is 2.60. The van der Waals surface area contributed by atoms with Gasteiger partial charge in [0.15, 0.2) is 0 Å². The zero-order valence-corrected chi connectivity index (χ0v) is 19.3. The number of alkyl halides is 3. The third kappa shape index (κ3) is 3.55. The highest BCUT2D eigenvalue weighted by molar-refractivity contribution is 5.93. The van der Waals surface area contributed by atoms with Crippen molar-refractivity contribution >= 4 is 17.5 Å². The summed E-state index contributed by atoms with van der Waals surface area (Å²) in [6.07, 6.45) is 4.24. The molecule has 1 aromatic carbocycles. The van der Waals surface area contributed by atoms with Crippen molar-refractivity contribution in [1.29, 1.82) is 0 Å². The number of halogens is 4. The smallest absolute Gasteiger partial charge is 0.349 e. The minimum Gasteiger partial charge on any atom is -0.349 e. The van der Waals surface area contributed by atoms with E-state index in [1.165, 1.54) is 0 Å². The predicted octanol–water partition coefficient (Wildman–Crippen LogP) is 5.70. The molecule has 0 radical (unpaired) electrons. The molecule has 3 aliphatic carbocycles. The summed E-state index contributed by atoms with van der Waals surface area (Å²) in [5.74, 6) is -0.544. The topological polar surface area (TPSA) is 58.2 Å². The van der Waals surface area contributed by atoms with Crippen molar-refractivity contribution in [3.8, 4) is 0 Å². The summed E-state index contributed by atoms with van der Waals surface area (Å²) in [6.45, 7) is 4.35. The van der Waals surface area contributed by atoms with Crippen molar-refractivity contribution in [1.82, 2.24) is 5.32 Å². The Labute approximate surface area is 196 Å². The van der Waals surface area contributed by atoms with Gasteiger partial charge >= 0.3 is 6.18 Å². The second-order valence-corrected chi connectivity index (χ2v) is 11.1. The summed E-state index contributed by atoms with van der Waals surface area (Å²) in [5, 5.41) is 5.61. The maximum atomic E-state index is 14.3. The molecule has 7 atom stereocenters. The number of carbonyl (C=O) groups is 2. The molecule has 184 valence electrons. The predicted molar refractivity (Wildman–Crippen MR) is 119 cm³/mol. The van der Waals surface area contributed by atoms with E-state index in [2.05, 4.69) is 30.6 Å². The first kappa shape index (κ1) is 23.4. The lowest BCUT2D eigenvalue weighted by Gasteiger charge is -2.58. The van der Waals surface area contributed by atoms with Crippen LogP contribution in [0.5, 0.6) is 0 Å². The molecule has 4 nitrogen and oxygen atoms in total. The molecule has 1 aromatic rings. The Hall–Kier alpha value is -2.38. The summed E-state index contributed by atoms with van der Waals surface area (Å²) in [4.78, 5) is 25.1. The van der Waals surface area contributed by atoms with Crippen LogP contribution in [0.2, 0.25) is 0 Å². The van der Waals surface area contributed by atoms with Gasteiger partial charge < -0.3 is 10.6 Å². The van der Waals surface area contributed by atoms with Gasteiger partial charge in [0.05, 0.1) is 11.3 Å². The van der Waals surface area contributed by atoms with Crippen LogP contribution in [0.3, 0.4) is 0 Å². The molecule has 5 rings (SSSR count). The quantitative estimate of drug-likeness (QED) is 0.536. The normalized spacial score (nSPS) is 39.0. The zero-order valence-electron chi connectivity index (χ0n) is 19.3. The largest absolute Gasteiger partial charge is 0.416 e. The molecular formula is C26H30F4N2O2. The van der Waals surface area contributed by atoms with Crippen LogP contribution in [0.15, 0.2) is 30.4 Å². The fraction of sp³-hybridized carbons (Fsp3) is 0.615. The van der Waals surface area contributed by atoms with E-state index in [-0.39, 0.29) is 28.7 Å². The van der Waals surface area contributed by atoms with Crippen LogP contribution in [0.4, 0.5) is 23.2 Å². The number of carbonyl (C=O) groups excluding carboxylic acids is 2. The summed E-state index contributed by atoms with van der Waals surface area (Å²) < 4.78 is 53.5. The number of hydrogen-bond donors (Lipinski definition) is 2. The van der Waals surface area contributed by atoms with Crippen LogP contribution in [0.1, 0.15) is 57.9 Å². The van der Waals surface area contributed by atoms with Crippen molar-refractivity contribution in [2.75, 3.05) is 5.32 Å². The molecule has 0 spiro atoms. The molecule has 1 aliphatic heterocycles. The number of anilines is 1. The molecule has 8 heteroatoms. The SMILES string of the molecule is C[C@]12C=CC(=O)NC1CCC1C2CC[C@]2(C)C(C(=O)Nc3cc(C(F)(F)F)ccc3F)CCC12. The molecule has 3 fully saturated rings. The summed E-state index contributed by atoms with van der Waals surface area (Å²) in [5.41, 5.74) is -1.80. The molecular weight excluding hydrogens is 448 g/mol. The van der Waals surface area contributed by atoms with Crippen LogP contribution in [0.25, 0.3) is 0 Å². The van der Waals surface area contributed by atoms with Gasteiger partial charge in [0.2, 0.25) is 11.8 Å². The summed E-state index contributed by atoms with van der Waals surface area (Å²) in [7, 11) is 0. The van der Waals surface area contributed by atoms with E-state index < -0.39 is 29.2 Å². The lowest BCUT2D eigenvalue weighted by Crippen LogP contribution is -2.59. The van der Waals surface area contributed by atoms with Crippen LogP contribution in [-0.2, 0) is 15.8 Å². The Balaban J connectivity index is 1.36. The Morgan fingerprint density at radius 3 is 2.59 bits per heavy atom. The minimum atomic E-state index is -4.61. The van der Waals surface area contributed by atoms with Crippen LogP contribution in [-0.4, -0.2) is 17.9 Å². The van der Waals surface area contributed by atoms with E-state index in [1.807, 2.05) is 0 Å². The van der Waals surface area contributed by atoms with Gasteiger partial charge in [-0.25, -0.2) is 4.39 Å². The molecule has 1 heterocycles. The molecule has 0 saturated heterocycles. The molecule has 3 saturated carbocycles. The van der Waals surface area contributed by atoms with E-state index in [9.17, 15) is 27.2 Å². The van der Waals surface area contributed by atoms with Crippen LogP contribution < -0.4 is 10.6 Å². The third-order valence-corrected chi connectivity index (χ3v) is 9.55. The maximum absolute atomic E-state index is 14.3. The minimum absolute atomic E-state index is 0.0407. The monoisotopic (exact) mass is 478 g/mol. The first-order chi connectivity index (χ1) is 15.9. The Morgan fingerprint density at radius 1 is 1.09 bits per heavy atom. The lowest BCUT2D eigenvalue weighted by atomic mass is 9.48. The van der Waals surface area contributed by atoms with Crippen LogP contribution >= 0.6 is 0 Å². The molecule has 0 bridgehead atoms. The fourth-order valence-corrected chi connectivity index (χ4v) is 7.78. The van der Waals surface area contributed by atoms with Crippen LogP contribution in [0, 0.1) is 40.3 Å². The average Bonchev–Trinajstić information content (AvgIpc) is 3.12. The van der Waals surface area contributed by atoms with Crippen molar-refractivity contribution in [2.45, 2.75) is 64.6 Å². The van der Waals surface area contributed by atoms with Gasteiger partial charge in [-0.1, -0.05) is 19.9 Å². The summed E-state index contributed by atoms with van der Waals surface area (Å²) >= 11 is 0. The Morgan fingerprint density at radius 2 is 1.85 bits per heavy atom. The highest BCUT2D eigenvalue weighted by Crippen LogP contribution is 2.65. The van der Waals surface area contributed by atoms with Gasteiger partial charge in [0.1, 0.15) is 5.82 Å². The fourth-order valence-electron chi connectivity index (χ4n) is 7.78. The highest BCUT2D eigenvalue weighted by atomic mass is 19.4. The Bertz CT molecular complexity index is 1050. The van der Waals surface area contributed by atoms with Gasteiger partial charge in [-0.05, 0) is 86.0 Å². The molecule has 2 amide bonds. The zero-order chi connectivity index (χ0) is 24.5. The maximum Gasteiger partial charge on any atom is 0.416 e. The van der Waals surface area contributed by atoms with E-state index in [0.717, 1.165) is 38.2 Å². The Kier molecular flexibility index (Phi) is 5.37. The van der Waals surface area contributed by atoms with Gasteiger partial charge in [0.25, 0.3) is 0 Å². The number of benzene rings is 1. The first-order valence-electron chi connectivity index (χ1n) is 12.1. The first-order valence-corrected chi connectivity index (χ1v) is 12.1. The van der Waals surface area contributed by atoms with E-state index in [4.69, 9.17) is 0 Å². The molecule has 2 N–H and O–H groups in total. The van der Waals surface area contributed by atoms with Gasteiger partial charge in [-0.15, -0.1) is 0 Å². The molecule has 0 aromatic heterocycles. The number of amides is 2. The number of rotatable bonds is 2. The van der Waals surface area contributed by atoms with Crippen molar-refractivity contribution in [2.24, 2.45) is 34.5 Å². The second-order valence-electron chi connectivity index (χ2n) is 11.1.